The van der Waals surface area contributed by atoms with E-state index in [9.17, 15) is 4.79 Å². The molecular formula is C30H40N2O2. The van der Waals surface area contributed by atoms with Crippen LogP contribution in [0, 0.1) is 6.67 Å². The molecule has 2 aliphatic rings. The Balaban J connectivity index is 1.56. The van der Waals surface area contributed by atoms with Crippen molar-refractivity contribution in [3.8, 4) is 11.1 Å². The number of esters is 1. The topological polar surface area (TPSA) is 32.8 Å². The van der Waals surface area contributed by atoms with Gasteiger partial charge in [-0.05, 0) is 24.5 Å². The third-order valence-corrected chi connectivity index (χ3v) is 7.40. The van der Waals surface area contributed by atoms with Crippen molar-refractivity contribution in [1.82, 2.24) is 4.90 Å². The molecule has 2 aromatic carbocycles. The maximum atomic E-state index is 12.3. The molecule has 0 N–H and O–H groups in total. The van der Waals surface area contributed by atoms with Crippen LogP contribution in [-0.2, 0) is 9.53 Å². The molecule has 34 heavy (non-hydrogen) atoms. The van der Waals surface area contributed by atoms with Gasteiger partial charge < -0.3 is 9.64 Å². The van der Waals surface area contributed by atoms with Crippen molar-refractivity contribution >= 4 is 11.7 Å². The summed E-state index contributed by atoms with van der Waals surface area (Å²) in [5, 5.41) is 0. The molecule has 4 rings (SSSR count). The van der Waals surface area contributed by atoms with Gasteiger partial charge in [-0.2, -0.15) is 0 Å². The minimum atomic E-state index is -0.158. The third-order valence-electron chi connectivity index (χ3n) is 7.40. The number of hydrogen-bond acceptors (Lipinski definition) is 4. The summed E-state index contributed by atoms with van der Waals surface area (Å²) in [7, 11) is 1.48. The van der Waals surface area contributed by atoms with E-state index in [1.54, 1.807) is 0 Å². The van der Waals surface area contributed by atoms with Gasteiger partial charge >= 0.3 is 5.97 Å². The number of benzene rings is 2. The predicted octanol–water partition coefficient (Wildman–Crippen LogP) is 7.08. The van der Waals surface area contributed by atoms with Crippen LogP contribution < -0.4 is 4.90 Å². The van der Waals surface area contributed by atoms with Gasteiger partial charge in [0.05, 0.1) is 19.6 Å². The highest BCUT2D eigenvalue weighted by atomic mass is 16.5. The van der Waals surface area contributed by atoms with Crippen LogP contribution in [-0.4, -0.2) is 36.6 Å². The largest absolute Gasteiger partial charge is 0.469 e. The Morgan fingerprint density at radius 3 is 2.09 bits per heavy atom. The van der Waals surface area contributed by atoms with E-state index in [0.717, 1.165) is 12.2 Å². The van der Waals surface area contributed by atoms with Crippen molar-refractivity contribution in [2.75, 3.05) is 18.6 Å². The summed E-state index contributed by atoms with van der Waals surface area (Å²) in [6.07, 6.45) is 14.9. The molecule has 1 saturated carbocycles. The maximum Gasteiger partial charge on any atom is 0.307 e. The second kappa shape index (κ2) is 12.9. The fourth-order valence-corrected chi connectivity index (χ4v) is 5.48. The van der Waals surface area contributed by atoms with Gasteiger partial charge in [-0.25, -0.2) is 0 Å². The molecule has 1 unspecified atom stereocenters. The molecule has 2 radical (unpaired) electrons. The minimum Gasteiger partial charge on any atom is -0.469 e. The fourth-order valence-electron chi connectivity index (χ4n) is 5.48. The Kier molecular flexibility index (Phi) is 9.44. The first-order chi connectivity index (χ1) is 16.8. The number of rotatable bonds is 5. The average Bonchev–Trinajstić information content (AvgIpc) is 3.28. The summed E-state index contributed by atoms with van der Waals surface area (Å²) in [6, 6.07) is 19.5. The van der Waals surface area contributed by atoms with Crippen LogP contribution in [0.2, 0.25) is 0 Å². The summed E-state index contributed by atoms with van der Waals surface area (Å²) in [6.45, 7) is 4.56. The highest BCUT2D eigenvalue weighted by Gasteiger charge is 2.37. The van der Waals surface area contributed by atoms with Crippen LogP contribution in [0.15, 0.2) is 54.6 Å². The lowest BCUT2D eigenvalue weighted by molar-refractivity contribution is -0.140. The van der Waals surface area contributed by atoms with Crippen molar-refractivity contribution in [3.63, 3.8) is 0 Å². The molecule has 1 heterocycles. The average molecular weight is 461 g/mol. The third kappa shape index (κ3) is 6.63. The lowest BCUT2D eigenvalue weighted by Gasteiger charge is -2.28. The maximum absolute atomic E-state index is 12.3. The Morgan fingerprint density at radius 2 is 1.44 bits per heavy atom. The van der Waals surface area contributed by atoms with Crippen LogP contribution in [0.5, 0.6) is 0 Å². The lowest BCUT2D eigenvalue weighted by atomic mass is 9.97. The lowest BCUT2D eigenvalue weighted by Crippen LogP contribution is -2.33. The van der Waals surface area contributed by atoms with E-state index in [-0.39, 0.29) is 12.0 Å². The van der Waals surface area contributed by atoms with Gasteiger partial charge in [-0.3, -0.25) is 9.69 Å². The SMILES string of the molecule is COC(=O)CC1CN(C2CCCCCCCCCCC2)[C]N1c1ccccc1-c1ccccc1. The zero-order valence-electron chi connectivity index (χ0n) is 20.8. The summed E-state index contributed by atoms with van der Waals surface area (Å²) in [4.78, 5) is 17.0. The summed E-state index contributed by atoms with van der Waals surface area (Å²) in [5.41, 5.74) is 3.46. The smallest absolute Gasteiger partial charge is 0.307 e. The Bertz CT molecular complexity index is 872. The number of hydrogen-bond donors (Lipinski definition) is 0. The number of anilines is 1. The summed E-state index contributed by atoms with van der Waals surface area (Å²) < 4.78 is 5.07. The van der Waals surface area contributed by atoms with Gasteiger partial charge in [-0.1, -0.05) is 106 Å². The van der Waals surface area contributed by atoms with Crippen molar-refractivity contribution in [3.05, 3.63) is 61.3 Å². The van der Waals surface area contributed by atoms with Crippen LogP contribution >= 0.6 is 0 Å². The first kappa shape index (κ1) is 24.8. The van der Waals surface area contributed by atoms with Gasteiger partial charge in [0.2, 0.25) is 0 Å². The molecule has 4 heteroatoms. The molecule has 4 nitrogen and oxygen atoms in total. The number of ether oxygens (including phenoxy) is 1. The molecular weight excluding hydrogens is 420 g/mol. The molecule has 0 spiro atoms. The first-order valence-corrected chi connectivity index (χ1v) is 13.3. The van der Waals surface area contributed by atoms with E-state index < -0.39 is 0 Å². The number of carbonyl (C=O) groups excluding carboxylic acids is 1. The Hall–Kier alpha value is -2.33. The van der Waals surface area contributed by atoms with Gasteiger partial charge in [0, 0.05) is 23.8 Å². The molecule has 1 atom stereocenters. The quantitative estimate of drug-likeness (QED) is 0.447. The molecule has 0 amide bonds. The Morgan fingerprint density at radius 1 is 0.853 bits per heavy atom. The zero-order chi connectivity index (χ0) is 23.6. The molecule has 0 aromatic heterocycles. The number of carbonyl (C=O) groups is 1. The second-order valence-corrected chi connectivity index (χ2v) is 9.85. The van der Waals surface area contributed by atoms with Crippen molar-refractivity contribution in [1.29, 1.82) is 0 Å². The molecule has 182 valence electrons. The number of para-hydroxylation sites is 1. The normalized spacial score (nSPS) is 21.6. The van der Waals surface area contributed by atoms with Crippen molar-refractivity contribution in [2.45, 2.75) is 89.1 Å². The van der Waals surface area contributed by atoms with E-state index in [4.69, 9.17) is 4.74 Å². The first-order valence-electron chi connectivity index (χ1n) is 13.3. The van der Waals surface area contributed by atoms with Crippen LogP contribution in [0.25, 0.3) is 11.1 Å². The van der Waals surface area contributed by atoms with E-state index in [0.29, 0.717) is 12.5 Å². The molecule has 2 aromatic rings. The zero-order valence-corrected chi connectivity index (χ0v) is 20.8. The van der Waals surface area contributed by atoms with Crippen LogP contribution in [0.1, 0.15) is 77.0 Å². The summed E-state index contributed by atoms with van der Waals surface area (Å²) in [5.74, 6) is -0.158. The fraction of sp³-hybridized carbons (Fsp3) is 0.533. The number of methoxy groups -OCH3 is 1. The molecule has 1 aliphatic heterocycles. The monoisotopic (exact) mass is 460 g/mol. The van der Waals surface area contributed by atoms with Crippen LogP contribution in [0.4, 0.5) is 5.69 Å². The molecule has 1 saturated heterocycles. The van der Waals surface area contributed by atoms with Gasteiger partial charge in [-0.15, -0.1) is 0 Å². The van der Waals surface area contributed by atoms with E-state index in [1.165, 1.54) is 88.9 Å². The second-order valence-electron chi connectivity index (χ2n) is 9.85. The predicted molar refractivity (Wildman–Crippen MR) is 139 cm³/mol. The highest BCUT2D eigenvalue weighted by Crippen LogP contribution is 2.37. The van der Waals surface area contributed by atoms with Gasteiger partial charge in [0.25, 0.3) is 0 Å². The van der Waals surface area contributed by atoms with E-state index in [1.807, 2.05) is 6.07 Å². The number of nitrogens with zero attached hydrogens (tertiary/aromatic N) is 2. The van der Waals surface area contributed by atoms with E-state index in [2.05, 4.69) is 65.0 Å². The van der Waals surface area contributed by atoms with Crippen LogP contribution in [0.3, 0.4) is 0 Å². The standard InChI is InChI=1S/C30H40N2O2/c1-34-30(33)22-27-23-31(26-18-12-7-5-3-2-4-6-8-13-19-26)24-32(27)29-21-15-14-20-28(29)25-16-10-9-11-17-25/h9-11,14-17,20-21,26-27H,2-8,12-13,18-19,22-23H2,1H3. The molecule has 2 fully saturated rings. The molecule has 0 bridgehead atoms. The molecule has 1 aliphatic carbocycles. The van der Waals surface area contributed by atoms with E-state index >= 15 is 0 Å². The Labute approximate surface area is 206 Å². The van der Waals surface area contributed by atoms with Crippen molar-refractivity contribution in [2.24, 2.45) is 0 Å². The summed E-state index contributed by atoms with van der Waals surface area (Å²) >= 11 is 0. The highest BCUT2D eigenvalue weighted by molar-refractivity contribution is 5.80. The van der Waals surface area contributed by atoms with Gasteiger partial charge in [0.15, 0.2) is 6.67 Å². The van der Waals surface area contributed by atoms with Gasteiger partial charge in [0.1, 0.15) is 0 Å². The minimum absolute atomic E-state index is 0.0266. The van der Waals surface area contributed by atoms with Crippen molar-refractivity contribution < 1.29 is 9.53 Å².